The average molecular weight is 299 g/mol. The van der Waals surface area contributed by atoms with Gasteiger partial charge in [-0.3, -0.25) is 0 Å². The van der Waals surface area contributed by atoms with E-state index in [9.17, 15) is 0 Å². The van der Waals surface area contributed by atoms with Gasteiger partial charge in [-0.1, -0.05) is 60.1 Å². The van der Waals surface area contributed by atoms with Crippen LogP contribution in [0.25, 0.3) is 6.08 Å². The lowest BCUT2D eigenvalue weighted by atomic mass is 9.93. The van der Waals surface area contributed by atoms with Gasteiger partial charge >= 0.3 is 0 Å². The highest BCUT2D eigenvalue weighted by Gasteiger charge is 2.37. The van der Waals surface area contributed by atoms with Crippen LogP contribution in [0.3, 0.4) is 0 Å². The lowest BCUT2D eigenvalue weighted by Crippen LogP contribution is -2.20. The SMILES string of the molecule is CC1(C)OC(c2ccccc2)C/C1=C/c1ccc(Cl)cc1. The zero-order valence-corrected chi connectivity index (χ0v) is 13.1. The van der Waals surface area contributed by atoms with E-state index in [0.717, 1.165) is 11.4 Å². The van der Waals surface area contributed by atoms with Gasteiger partial charge < -0.3 is 4.74 Å². The van der Waals surface area contributed by atoms with E-state index in [1.54, 1.807) is 0 Å². The third-order valence-electron chi connectivity index (χ3n) is 4.00. The Kier molecular flexibility index (Phi) is 3.88. The number of halogens is 1. The Labute approximate surface area is 131 Å². The molecule has 1 heterocycles. The van der Waals surface area contributed by atoms with Crippen molar-refractivity contribution in [2.45, 2.75) is 32.0 Å². The van der Waals surface area contributed by atoms with Crippen LogP contribution in [0.1, 0.15) is 37.5 Å². The molecule has 0 aromatic heterocycles. The van der Waals surface area contributed by atoms with Crippen molar-refractivity contribution in [1.82, 2.24) is 0 Å². The molecule has 1 aliphatic rings. The first kappa shape index (κ1) is 14.4. The monoisotopic (exact) mass is 298 g/mol. The van der Waals surface area contributed by atoms with Crippen molar-refractivity contribution >= 4 is 17.7 Å². The van der Waals surface area contributed by atoms with Gasteiger partial charge in [-0.2, -0.15) is 0 Å². The molecule has 2 aromatic rings. The molecule has 1 atom stereocenters. The Bertz CT molecular complexity index is 641. The van der Waals surface area contributed by atoms with Gasteiger partial charge in [0.25, 0.3) is 0 Å². The van der Waals surface area contributed by atoms with E-state index in [0.29, 0.717) is 0 Å². The highest BCUT2D eigenvalue weighted by atomic mass is 35.5. The molecule has 0 amide bonds. The molecule has 2 aromatic carbocycles. The van der Waals surface area contributed by atoms with Crippen LogP contribution < -0.4 is 0 Å². The summed E-state index contributed by atoms with van der Waals surface area (Å²) in [4.78, 5) is 0. The Balaban J connectivity index is 1.87. The van der Waals surface area contributed by atoms with Crippen LogP contribution >= 0.6 is 11.6 Å². The number of hydrogen-bond donors (Lipinski definition) is 0. The number of ether oxygens (including phenoxy) is 1. The standard InChI is InChI=1S/C19H19ClO/c1-19(2)16(12-14-8-10-17(20)11-9-14)13-18(21-19)15-6-4-3-5-7-15/h3-12,18H,13H2,1-2H3/b16-12-. The van der Waals surface area contributed by atoms with Crippen molar-refractivity contribution in [3.8, 4) is 0 Å². The van der Waals surface area contributed by atoms with Crippen LogP contribution in [-0.2, 0) is 4.74 Å². The lowest BCUT2D eigenvalue weighted by Gasteiger charge is -2.21. The molecule has 0 bridgehead atoms. The Morgan fingerprint density at radius 1 is 1.05 bits per heavy atom. The molecule has 1 fully saturated rings. The second kappa shape index (κ2) is 5.67. The van der Waals surface area contributed by atoms with Gasteiger partial charge in [0.05, 0.1) is 11.7 Å². The predicted octanol–water partition coefficient (Wildman–Crippen LogP) is 5.66. The van der Waals surface area contributed by atoms with E-state index in [1.165, 1.54) is 16.7 Å². The summed E-state index contributed by atoms with van der Waals surface area (Å²) < 4.78 is 6.25. The second-order valence-electron chi connectivity index (χ2n) is 5.95. The highest BCUT2D eigenvalue weighted by molar-refractivity contribution is 6.30. The first-order valence-corrected chi connectivity index (χ1v) is 7.62. The Hall–Kier alpha value is -1.57. The van der Waals surface area contributed by atoms with E-state index < -0.39 is 0 Å². The minimum absolute atomic E-state index is 0.139. The molecule has 108 valence electrons. The van der Waals surface area contributed by atoms with Crippen LogP contribution in [0.5, 0.6) is 0 Å². The second-order valence-corrected chi connectivity index (χ2v) is 6.39. The van der Waals surface area contributed by atoms with Gasteiger partial charge in [-0.15, -0.1) is 0 Å². The summed E-state index contributed by atoms with van der Waals surface area (Å²) in [6, 6.07) is 18.4. The largest absolute Gasteiger partial charge is 0.363 e. The van der Waals surface area contributed by atoms with E-state index in [2.05, 4.69) is 44.2 Å². The molecule has 0 N–H and O–H groups in total. The fourth-order valence-electron chi connectivity index (χ4n) is 2.77. The summed E-state index contributed by atoms with van der Waals surface area (Å²) in [6.45, 7) is 4.27. The normalized spacial score (nSPS) is 22.6. The van der Waals surface area contributed by atoms with Crippen LogP contribution in [0.2, 0.25) is 5.02 Å². The molecular weight excluding hydrogens is 280 g/mol. The van der Waals surface area contributed by atoms with Crippen LogP contribution in [0, 0.1) is 0 Å². The third kappa shape index (κ3) is 3.20. The Morgan fingerprint density at radius 3 is 2.38 bits per heavy atom. The summed E-state index contributed by atoms with van der Waals surface area (Å²) in [6.07, 6.45) is 3.29. The molecule has 2 heteroatoms. The molecule has 1 nitrogen and oxygen atoms in total. The first-order valence-electron chi connectivity index (χ1n) is 7.24. The maximum absolute atomic E-state index is 6.25. The van der Waals surface area contributed by atoms with Gasteiger partial charge in [-0.05, 0) is 42.7 Å². The first-order chi connectivity index (χ1) is 10.0. The van der Waals surface area contributed by atoms with Crippen molar-refractivity contribution in [2.75, 3.05) is 0 Å². The topological polar surface area (TPSA) is 9.23 Å². The number of hydrogen-bond acceptors (Lipinski definition) is 1. The van der Waals surface area contributed by atoms with Crippen LogP contribution in [-0.4, -0.2) is 5.60 Å². The van der Waals surface area contributed by atoms with Gasteiger partial charge in [-0.25, -0.2) is 0 Å². The van der Waals surface area contributed by atoms with Crippen molar-refractivity contribution in [1.29, 1.82) is 0 Å². The van der Waals surface area contributed by atoms with E-state index >= 15 is 0 Å². The maximum atomic E-state index is 6.25. The van der Waals surface area contributed by atoms with E-state index in [4.69, 9.17) is 16.3 Å². The smallest absolute Gasteiger partial charge is 0.0874 e. The lowest BCUT2D eigenvalue weighted by molar-refractivity contribution is -0.00408. The molecule has 3 rings (SSSR count). The molecule has 0 aliphatic carbocycles. The molecule has 1 saturated heterocycles. The number of benzene rings is 2. The van der Waals surface area contributed by atoms with Gasteiger partial charge in [0, 0.05) is 11.4 Å². The van der Waals surface area contributed by atoms with Crippen LogP contribution in [0.15, 0.2) is 60.2 Å². The Morgan fingerprint density at radius 2 is 1.71 bits per heavy atom. The average Bonchev–Trinajstić information content (AvgIpc) is 2.78. The third-order valence-corrected chi connectivity index (χ3v) is 4.25. The molecule has 1 aliphatic heterocycles. The zero-order chi connectivity index (χ0) is 14.9. The number of rotatable bonds is 2. The molecule has 21 heavy (non-hydrogen) atoms. The van der Waals surface area contributed by atoms with E-state index in [-0.39, 0.29) is 11.7 Å². The molecule has 0 saturated carbocycles. The summed E-state index contributed by atoms with van der Waals surface area (Å²) in [5.41, 5.74) is 3.49. The molecular formula is C19H19ClO. The highest BCUT2D eigenvalue weighted by Crippen LogP contribution is 2.43. The molecule has 1 unspecified atom stereocenters. The molecule has 0 radical (unpaired) electrons. The van der Waals surface area contributed by atoms with Crippen molar-refractivity contribution < 1.29 is 4.74 Å². The summed E-state index contributed by atoms with van der Waals surface area (Å²) in [5.74, 6) is 0. The van der Waals surface area contributed by atoms with Gasteiger partial charge in [0.15, 0.2) is 0 Å². The summed E-state index contributed by atoms with van der Waals surface area (Å²) in [5, 5.41) is 0.765. The van der Waals surface area contributed by atoms with Gasteiger partial charge in [0.1, 0.15) is 0 Å². The van der Waals surface area contributed by atoms with E-state index in [1.807, 2.05) is 30.3 Å². The minimum Gasteiger partial charge on any atom is -0.363 e. The minimum atomic E-state index is -0.236. The summed E-state index contributed by atoms with van der Waals surface area (Å²) >= 11 is 5.94. The van der Waals surface area contributed by atoms with Crippen molar-refractivity contribution in [3.63, 3.8) is 0 Å². The van der Waals surface area contributed by atoms with Crippen LogP contribution in [0.4, 0.5) is 0 Å². The predicted molar refractivity (Wildman–Crippen MR) is 88.4 cm³/mol. The van der Waals surface area contributed by atoms with Crippen molar-refractivity contribution in [3.05, 3.63) is 76.3 Å². The maximum Gasteiger partial charge on any atom is 0.0874 e. The quantitative estimate of drug-likeness (QED) is 0.694. The fourth-order valence-corrected chi connectivity index (χ4v) is 2.89. The summed E-state index contributed by atoms with van der Waals surface area (Å²) in [7, 11) is 0. The zero-order valence-electron chi connectivity index (χ0n) is 12.3. The fraction of sp³-hybridized carbons (Fsp3) is 0.263. The molecule has 0 spiro atoms. The van der Waals surface area contributed by atoms with Crippen molar-refractivity contribution in [2.24, 2.45) is 0 Å². The van der Waals surface area contributed by atoms with Gasteiger partial charge in [0.2, 0.25) is 0 Å².